The zero-order valence-electron chi connectivity index (χ0n) is 17.1. The largest absolute Gasteiger partial charge is 0.465 e. The number of hydrogen-bond acceptors (Lipinski definition) is 5. The predicted octanol–water partition coefficient (Wildman–Crippen LogP) is 4.32. The average Bonchev–Trinajstić information content (AvgIpc) is 3.38. The van der Waals surface area contributed by atoms with Gasteiger partial charge in [0.25, 0.3) is 0 Å². The summed E-state index contributed by atoms with van der Waals surface area (Å²) < 4.78 is 10.6. The van der Waals surface area contributed by atoms with E-state index < -0.39 is 12.1 Å². The Balaban J connectivity index is 1.34. The summed E-state index contributed by atoms with van der Waals surface area (Å²) in [5, 5.41) is 0. The minimum absolute atomic E-state index is 0.00275. The van der Waals surface area contributed by atoms with Gasteiger partial charge in [0.05, 0.1) is 25.8 Å². The van der Waals surface area contributed by atoms with E-state index in [2.05, 4.69) is 24.3 Å². The predicted molar refractivity (Wildman–Crippen MR) is 117 cm³/mol. The third kappa shape index (κ3) is 3.11. The first-order valence-electron chi connectivity index (χ1n) is 10.2. The number of ether oxygens (including phenoxy) is 2. The summed E-state index contributed by atoms with van der Waals surface area (Å²) in [6.07, 6.45) is -0.423. The molecule has 6 heteroatoms. The Morgan fingerprint density at radius 2 is 1.55 bits per heavy atom. The number of esters is 1. The molecule has 3 aromatic rings. The fraction of sp³-hybridized carbons (Fsp3) is 0.200. The van der Waals surface area contributed by atoms with Gasteiger partial charge in [-0.1, -0.05) is 48.5 Å². The van der Waals surface area contributed by atoms with E-state index >= 15 is 0 Å². The second-order valence-corrected chi connectivity index (χ2v) is 7.81. The Hall–Kier alpha value is -3.80. The van der Waals surface area contributed by atoms with Crippen molar-refractivity contribution >= 4 is 17.7 Å². The fourth-order valence-corrected chi connectivity index (χ4v) is 4.63. The molecule has 0 unspecified atom stereocenters. The minimum atomic E-state index is -0.439. The zero-order chi connectivity index (χ0) is 21.5. The molecule has 0 bridgehead atoms. The van der Waals surface area contributed by atoms with E-state index in [1.165, 1.54) is 29.4 Å². The SMILES string of the molecule is COC(=O)c1ccc(N)c2c1CN(C(=O)OCC1c3ccccc3-c3ccccc31)C2. The van der Waals surface area contributed by atoms with Crippen LogP contribution in [-0.4, -0.2) is 30.7 Å². The number of nitrogens with two attached hydrogens (primary N) is 1. The molecule has 0 aromatic heterocycles. The van der Waals surface area contributed by atoms with Crippen molar-refractivity contribution in [3.8, 4) is 11.1 Å². The van der Waals surface area contributed by atoms with Crippen molar-refractivity contribution in [1.29, 1.82) is 0 Å². The van der Waals surface area contributed by atoms with E-state index in [0.29, 0.717) is 17.8 Å². The zero-order valence-corrected chi connectivity index (χ0v) is 17.1. The van der Waals surface area contributed by atoms with Crippen LogP contribution in [0.25, 0.3) is 11.1 Å². The van der Waals surface area contributed by atoms with Crippen LogP contribution in [0.5, 0.6) is 0 Å². The van der Waals surface area contributed by atoms with E-state index in [0.717, 1.165) is 11.1 Å². The topological polar surface area (TPSA) is 81.9 Å². The second kappa shape index (κ2) is 7.47. The molecule has 0 radical (unpaired) electrons. The summed E-state index contributed by atoms with van der Waals surface area (Å²) in [5.74, 6) is -0.442. The summed E-state index contributed by atoms with van der Waals surface area (Å²) in [7, 11) is 1.34. The Morgan fingerprint density at radius 3 is 2.19 bits per heavy atom. The average molecular weight is 414 g/mol. The van der Waals surface area contributed by atoms with Crippen LogP contribution in [0.4, 0.5) is 10.5 Å². The smallest absolute Gasteiger partial charge is 0.410 e. The highest BCUT2D eigenvalue weighted by Crippen LogP contribution is 2.44. The van der Waals surface area contributed by atoms with Gasteiger partial charge in [-0.25, -0.2) is 9.59 Å². The van der Waals surface area contributed by atoms with Gasteiger partial charge < -0.3 is 15.2 Å². The molecule has 1 amide bonds. The monoisotopic (exact) mass is 414 g/mol. The van der Waals surface area contributed by atoms with Crippen molar-refractivity contribution in [3.63, 3.8) is 0 Å². The van der Waals surface area contributed by atoms with Gasteiger partial charge in [-0.3, -0.25) is 4.90 Å². The second-order valence-electron chi connectivity index (χ2n) is 7.81. The van der Waals surface area contributed by atoms with Crippen molar-refractivity contribution in [2.75, 3.05) is 19.5 Å². The van der Waals surface area contributed by atoms with Crippen LogP contribution in [0.2, 0.25) is 0 Å². The van der Waals surface area contributed by atoms with Crippen molar-refractivity contribution < 1.29 is 19.1 Å². The van der Waals surface area contributed by atoms with Gasteiger partial charge in [-0.2, -0.15) is 0 Å². The van der Waals surface area contributed by atoms with Crippen molar-refractivity contribution in [3.05, 3.63) is 88.5 Å². The highest BCUT2D eigenvalue weighted by molar-refractivity contribution is 5.93. The quantitative estimate of drug-likeness (QED) is 0.510. The molecule has 156 valence electrons. The number of nitrogen functional groups attached to an aromatic ring is 1. The molecule has 6 nitrogen and oxygen atoms in total. The number of fused-ring (bicyclic) bond motifs is 4. The van der Waals surface area contributed by atoms with Gasteiger partial charge in [-0.15, -0.1) is 0 Å². The number of carbonyl (C=O) groups is 2. The summed E-state index contributed by atoms with van der Waals surface area (Å²) >= 11 is 0. The lowest BCUT2D eigenvalue weighted by atomic mass is 9.98. The van der Waals surface area contributed by atoms with Crippen LogP contribution in [-0.2, 0) is 22.6 Å². The maximum absolute atomic E-state index is 12.9. The number of methoxy groups -OCH3 is 1. The molecule has 0 fully saturated rings. The number of anilines is 1. The van der Waals surface area contributed by atoms with Crippen LogP contribution < -0.4 is 5.73 Å². The lowest BCUT2D eigenvalue weighted by molar-refractivity contribution is 0.0597. The molecule has 2 N–H and O–H groups in total. The normalized spacial score (nSPS) is 14.0. The highest BCUT2D eigenvalue weighted by atomic mass is 16.6. The van der Waals surface area contributed by atoms with E-state index in [1.807, 2.05) is 24.3 Å². The molecule has 0 saturated carbocycles. The third-order valence-corrected chi connectivity index (χ3v) is 6.16. The van der Waals surface area contributed by atoms with Crippen LogP contribution in [0.1, 0.15) is 38.5 Å². The summed E-state index contributed by atoms with van der Waals surface area (Å²) in [5.41, 5.74) is 13.3. The number of carbonyl (C=O) groups excluding carboxylic acids is 2. The van der Waals surface area contributed by atoms with E-state index in [9.17, 15) is 9.59 Å². The number of amides is 1. The van der Waals surface area contributed by atoms with Crippen LogP contribution >= 0.6 is 0 Å². The molecule has 1 aliphatic carbocycles. The first-order valence-corrected chi connectivity index (χ1v) is 10.2. The molecular weight excluding hydrogens is 392 g/mol. The molecule has 31 heavy (non-hydrogen) atoms. The lowest BCUT2D eigenvalue weighted by Crippen LogP contribution is -2.28. The number of nitrogens with zero attached hydrogens (tertiary/aromatic N) is 1. The van der Waals surface area contributed by atoms with Gasteiger partial charge in [0.15, 0.2) is 0 Å². The number of benzene rings is 3. The fourth-order valence-electron chi connectivity index (χ4n) is 4.63. The van der Waals surface area contributed by atoms with E-state index in [-0.39, 0.29) is 19.1 Å². The minimum Gasteiger partial charge on any atom is -0.465 e. The number of hydrogen-bond donors (Lipinski definition) is 1. The Morgan fingerprint density at radius 1 is 0.935 bits per heavy atom. The molecule has 0 spiro atoms. The maximum Gasteiger partial charge on any atom is 0.410 e. The van der Waals surface area contributed by atoms with Gasteiger partial charge in [0.2, 0.25) is 0 Å². The molecule has 0 atom stereocenters. The standard InChI is InChI=1S/C25H22N2O4/c1-30-24(28)19-10-11-23(26)21-13-27(12-20(19)21)25(29)31-14-22-17-8-4-2-6-15(17)16-7-3-5-9-18(16)22/h2-11,22H,12-14,26H2,1H3. The highest BCUT2D eigenvalue weighted by Gasteiger charge is 2.33. The molecule has 1 heterocycles. The van der Waals surface area contributed by atoms with E-state index in [1.54, 1.807) is 17.0 Å². The lowest BCUT2D eigenvalue weighted by Gasteiger charge is -2.19. The van der Waals surface area contributed by atoms with Gasteiger partial charge >= 0.3 is 12.1 Å². The van der Waals surface area contributed by atoms with Gasteiger partial charge in [-0.05, 0) is 39.9 Å². The van der Waals surface area contributed by atoms with E-state index in [4.69, 9.17) is 15.2 Å². The summed E-state index contributed by atoms with van der Waals surface area (Å²) in [6, 6.07) is 19.7. The van der Waals surface area contributed by atoms with Gasteiger partial charge in [0.1, 0.15) is 6.61 Å². The molecule has 0 saturated heterocycles. The maximum atomic E-state index is 12.9. The Kier molecular flexibility index (Phi) is 4.62. The van der Waals surface area contributed by atoms with Crippen LogP contribution in [0.15, 0.2) is 60.7 Å². The molecule has 5 rings (SSSR count). The molecular formula is C25H22N2O4. The van der Waals surface area contributed by atoms with Crippen LogP contribution in [0.3, 0.4) is 0 Å². The molecule has 1 aliphatic heterocycles. The molecule has 3 aromatic carbocycles. The Bertz CT molecular complexity index is 1160. The van der Waals surface area contributed by atoms with Crippen molar-refractivity contribution in [1.82, 2.24) is 4.90 Å². The third-order valence-electron chi connectivity index (χ3n) is 6.16. The summed E-state index contributed by atoms with van der Waals surface area (Å²) in [4.78, 5) is 26.6. The molecule has 2 aliphatic rings. The van der Waals surface area contributed by atoms with Gasteiger partial charge in [0, 0.05) is 17.2 Å². The Labute approximate surface area is 180 Å². The van der Waals surface area contributed by atoms with Crippen LogP contribution in [0, 0.1) is 0 Å². The van der Waals surface area contributed by atoms with Crippen molar-refractivity contribution in [2.24, 2.45) is 0 Å². The first-order chi connectivity index (χ1) is 15.1. The number of rotatable bonds is 3. The van der Waals surface area contributed by atoms with Crippen molar-refractivity contribution in [2.45, 2.75) is 19.0 Å². The first kappa shape index (κ1) is 19.2. The summed E-state index contributed by atoms with van der Waals surface area (Å²) in [6.45, 7) is 0.823.